The quantitative estimate of drug-likeness (QED) is 0.599. The van der Waals surface area contributed by atoms with Crippen molar-refractivity contribution in [1.29, 1.82) is 0 Å². The van der Waals surface area contributed by atoms with Crippen LogP contribution in [0.15, 0.2) is 30.6 Å². The SMILES string of the molecule is CN(CC(=O)Nc1ncc2cn[nH]c2n1)C(=O)c1ccc(C(F)(F)F)cc1C1CC1F. The number of rotatable bonds is 5. The minimum Gasteiger partial charge on any atom is -0.332 e. The fraction of sp³-hybridized carbons (Fsp3) is 0.316. The van der Waals surface area contributed by atoms with Crippen LogP contribution in [0.3, 0.4) is 0 Å². The molecule has 2 heterocycles. The lowest BCUT2D eigenvalue weighted by molar-refractivity contribution is -0.137. The summed E-state index contributed by atoms with van der Waals surface area (Å²) in [6.07, 6.45) is -2.89. The van der Waals surface area contributed by atoms with E-state index in [0.717, 1.165) is 23.1 Å². The van der Waals surface area contributed by atoms with Crippen LogP contribution in [0.2, 0.25) is 0 Å². The molecule has 12 heteroatoms. The average molecular weight is 436 g/mol. The predicted octanol–water partition coefficient (Wildman–Crippen LogP) is 2.91. The minimum absolute atomic E-state index is 0.00364. The molecule has 1 fully saturated rings. The lowest BCUT2D eigenvalue weighted by Crippen LogP contribution is -2.35. The Morgan fingerprint density at radius 2 is 2.03 bits per heavy atom. The number of nitrogens with one attached hydrogen (secondary N) is 2. The van der Waals surface area contributed by atoms with Crippen molar-refractivity contribution in [2.45, 2.75) is 24.7 Å². The van der Waals surface area contributed by atoms with Gasteiger partial charge in [0.25, 0.3) is 5.91 Å². The maximum absolute atomic E-state index is 13.6. The minimum atomic E-state index is -4.61. The van der Waals surface area contributed by atoms with Gasteiger partial charge in [-0.15, -0.1) is 0 Å². The van der Waals surface area contributed by atoms with Gasteiger partial charge in [0, 0.05) is 24.7 Å². The van der Waals surface area contributed by atoms with Gasteiger partial charge in [0.2, 0.25) is 11.9 Å². The highest BCUT2D eigenvalue weighted by Crippen LogP contribution is 2.46. The van der Waals surface area contributed by atoms with E-state index in [1.54, 1.807) is 0 Å². The predicted molar refractivity (Wildman–Crippen MR) is 101 cm³/mol. The number of H-pyrrole nitrogens is 1. The van der Waals surface area contributed by atoms with Crippen LogP contribution in [0.4, 0.5) is 23.5 Å². The van der Waals surface area contributed by atoms with Gasteiger partial charge in [0.1, 0.15) is 6.17 Å². The number of aromatic amines is 1. The van der Waals surface area contributed by atoms with E-state index >= 15 is 0 Å². The van der Waals surface area contributed by atoms with Gasteiger partial charge in [0.05, 0.1) is 23.7 Å². The molecule has 1 aromatic carbocycles. The summed E-state index contributed by atoms with van der Waals surface area (Å²) in [5, 5.41) is 9.50. The summed E-state index contributed by atoms with van der Waals surface area (Å²) in [5.41, 5.74) is -0.615. The Morgan fingerprint density at radius 1 is 1.29 bits per heavy atom. The van der Waals surface area contributed by atoms with E-state index in [1.165, 1.54) is 19.4 Å². The summed E-state index contributed by atoms with van der Waals surface area (Å²) in [5.74, 6) is -2.07. The van der Waals surface area contributed by atoms with Crippen LogP contribution in [0, 0.1) is 0 Å². The highest BCUT2D eigenvalue weighted by atomic mass is 19.4. The van der Waals surface area contributed by atoms with Crippen molar-refractivity contribution in [1.82, 2.24) is 25.1 Å². The second-order valence-electron chi connectivity index (χ2n) is 7.23. The highest BCUT2D eigenvalue weighted by Gasteiger charge is 2.42. The molecule has 0 bridgehead atoms. The molecule has 2 aromatic heterocycles. The summed E-state index contributed by atoms with van der Waals surface area (Å²) in [6.45, 7) is -0.409. The summed E-state index contributed by atoms with van der Waals surface area (Å²) in [6, 6.07) is 2.60. The van der Waals surface area contributed by atoms with Gasteiger partial charge in [-0.2, -0.15) is 23.3 Å². The standard InChI is InChI=1S/C19H16F4N6O2/c1-29(8-15(30)26-18-24-6-9-7-25-28-16(9)27-18)17(31)11-3-2-10(19(21,22)23)4-12(11)13-5-14(13)20/h2-4,6-7,13-14H,5,8H2,1H3,(H2,24,25,26,27,28,30). The molecule has 2 amide bonds. The maximum atomic E-state index is 13.6. The van der Waals surface area contributed by atoms with E-state index in [9.17, 15) is 27.2 Å². The van der Waals surface area contributed by atoms with Crippen LogP contribution in [-0.4, -0.2) is 56.6 Å². The topological polar surface area (TPSA) is 104 Å². The van der Waals surface area contributed by atoms with Crippen LogP contribution in [0.1, 0.15) is 33.8 Å². The number of amides is 2. The first-order valence-corrected chi connectivity index (χ1v) is 9.20. The molecule has 2 atom stereocenters. The van der Waals surface area contributed by atoms with Crippen LogP contribution in [-0.2, 0) is 11.0 Å². The second kappa shape index (κ2) is 7.60. The van der Waals surface area contributed by atoms with Gasteiger partial charge in [-0.25, -0.2) is 9.37 Å². The van der Waals surface area contributed by atoms with Gasteiger partial charge in [-0.3, -0.25) is 20.0 Å². The summed E-state index contributed by atoms with van der Waals surface area (Å²) >= 11 is 0. The van der Waals surface area contributed by atoms with Crippen LogP contribution in [0.25, 0.3) is 11.0 Å². The number of hydrogen-bond acceptors (Lipinski definition) is 5. The highest BCUT2D eigenvalue weighted by molar-refractivity contribution is 6.00. The largest absolute Gasteiger partial charge is 0.416 e. The molecule has 1 aliphatic rings. The lowest BCUT2D eigenvalue weighted by atomic mass is 9.98. The molecule has 162 valence electrons. The molecule has 0 spiro atoms. The first kappa shape index (κ1) is 20.7. The zero-order valence-corrected chi connectivity index (χ0v) is 16.1. The Hall–Kier alpha value is -3.57. The van der Waals surface area contributed by atoms with Crippen molar-refractivity contribution in [2.24, 2.45) is 0 Å². The third-order valence-electron chi connectivity index (χ3n) is 4.89. The normalized spacial score (nSPS) is 18.1. The smallest absolute Gasteiger partial charge is 0.332 e. The Kier molecular flexibility index (Phi) is 5.07. The molecule has 3 aromatic rings. The van der Waals surface area contributed by atoms with Crippen molar-refractivity contribution in [2.75, 3.05) is 18.9 Å². The van der Waals surface area contributed by atoms with Crippen molar-refractivity contribution in [3.63, 3.8) is 0 Å². The Balaban J connectivity index is 1.48. The van der Waals surface area contributed by atoms with E-state index in [4.69, 9.17) is 0 Å². The Labute approximate surface area is 172 Å². The fourth-order valence-corrected chi connectivity index (χ4v) is 3.18. The number of halogens is 4. The summed E-state index contributed by atoms with van der Waals surface area (Å²) in [4.78, 5) is 34.1. The number of nitrogens with zero attached hydrogens (tertiary/aromatic N) is 4. The molecule has 8 nitrogen and oxygen atoms in total. The van der Waals surface area contributed by atoms with Crippen molar-refractivity contribution < 1.29 is 27.2 Å². The molecule has 31 heavy (non-hydrogen) atoms. The van der Waals surface area contributed by atoms with Gasteiger partial charge >= 0.3 is 6.18 Å². The van der Waals surface area contributed by atoms with E-state index in [2.05, 4.69) is 25.5 Å². The number of carbonyl (C=O) groups is 2. The lowest BCUT2D eigenvalue weighted by Gasteiger charge is -2.19. The molecule has 2 unspecified atom stereocenters. The van der Waals surface area contributed by atoms with E-state index in [1.807, 2.05) is 0 Å². The molecule has 4 rings (SSSR count). The van der Waals surface area contributed by atoms with Gasteiger partial charge < -0.3 is 4.90 Å². The fourth-order valence-electron chi connectivity index (χ4n) is 3.18. The zero-order valence-electron chi connectivity index (χ0n) is 16.1. The van der Waals surface area contributed by atoms with Gasteiger partial charge in [0.15, 0.2) is 5.65 Å². The molecule has 1 aliphatic carbocycles. The van der Waals surface area contributed by atoms with Crippen molar-refractivity contribution in [3.05, 3.63) is 47.3 Å². The second-order valence-corrected chi connectivity index (χ2v) is 7.23. The molecule has 1 saturated carbocycles. The van der Waals surface area contributed by atoms with Crippen molar-refractivity contribution >= 4 is 28.8 Å². The first-order valence-electron chi connectivity index (χ1n) is 9.20. The number of hydrogen-bond donors (Lipinski definition) is 2. The van der Waals surface area contributed by atoms with E-state index in [0.29, 0.717) is 11.0 Å². The third-order valence-corrected chi connectivity index (χ3v) is 4.89. The molecular formula is C19H16F4N6O2. The van der Waals surface area contributed by atoms with Crippen LogP contribution < -0.4 is 5.32 Å². The summed E-state index contributed by atoms with van der Waals surface area (Å²) in [7, 11) is 1.32. The van der Waals surface area contributed by atoms with E-state index < -0.39 is 42.2 Å². The molecule has 0 saturated heterocycles. The number of benzene rings is 1. The van der Waals surface area contributed by atoms with Gasteiger partial charge in [-0.05, 0) is 30.2 Å². The number of anilines is 1. The maximum Gasteiger partial charge on any atom is 0.416 e. The molecule has 2 N–H and O–H groups in total. The first-order chi connectivity index (χ1) is 14.6. The number of aromatic nitrogens is 4. The summed E-state index contributed by atoms with van der Waals surface area (Å²) < 4.78 is 52.7. The zero-order chi connectivity index (χ0) is 22.3. The third kappa shape index (κ3) is 4.32. The molecular weight excluding hydrogens is 420 g/mol. The number of likely N-dealkylation sites (N-methyl/N-ethyl adjacent to an activating group) is 1. The van der Waals surface area contributed by atoms with Crippen LogP contribution >= 0.6 is 0 Å². The average Bonchev–Trinajstić information content (AvgIpc) is 3.25. The Morgan fingerprint density at radius 3 is 2.71 bits per heavy atom. The van der Waals surface area contributed by atoms with E-state index in [-0.39, 0.29) is 23.5 Å². The number of fused-ring (bicyclic) bond motifs is 1. The van der Waals surface area contributed by atoms with Gasteiger partial charge in [-0.1, -0.05) is 0 Å². The number of alkyl halides is 4. The number of carbonyl (C=O) groups excluding carboxylic acids is 2. The van der Waals surface area contributed by atoms with Crippen molar-refractivity contribution in [3.8, 4) is 0 Å². The van der Waals surface area contributed by atoms with Crippen LogP contribution in [0.5, 0.6) is 0 Å². The monoisotopic (exact) mass is 436 g/mol. The molecule has 0 radical (unpaired) electrons. The molecule has 0 aliphatic heterocycles. The Bertz CT molecular complexity index is 1160.